The maximum Gasteiger partial charge on any atom is 0.227 e. The van der Waals surface area contributed by atoms with Crippen molar-refractivity contribution < 1.29 is 9.32 Å². The zero-order chi connectivity index (χ0) is 18.4. The number of hydrogen-bond donors (Lipinski definition) is 1. The fraction of sp³-hybridized carbons (Fsp3) is 0.300. The molecule has 6 heteroatoms. The number of pyridine rings is 1. The molecule has 1 N–H and O–H groups in total. The Morgan fingerprint density at radius 2 is 1.88 bits per heavy atom. The van der Waals surface area contributed by atoms with Gasteiger partial charge in [-0.25, -0.2) is 0 Å². The van der Waals surface area contributed by atoms with E-state index in [0.717, 1.165) is 17.5 Å². The molecule has 0 saturated heterocycles. The van der Waals surface area contributed by atoms with Crippen molar-refractivity contribution >= 4 is 5.91 Å². The summed E-state index contributed by atoms with van der Waals surface area (Å²) >= 11 is 0. The number of carbonyl (C=O) groups excluding carboxylic acids is 1. The lowest BCUT2D eigenvalue weighted by molar-refractivity contribution is -0.121. The second-order valence-electron chi connectivity index (χ2n) is 6.19. The Morgan fingerprint density at radius 3 is 2.58 bits per heavy atom. The van der Waals surface area contributed by atoms with E-state index in [9.17, 15) is 4.79 Å². The molecule has 0 aliphatic carbocycles. The van der Waals surface area contributed by atoms with Crippen molar-refractivity contribution in [2.24, 2.45) is 0 Å². The molecule has 0 aliphatic rings. The van der Waals surface area contributed by atoms with Gasteiger partial charge in [-0.3, -0.25) is 9.78 Å². The third-order valence-corrected chi connectivity index (χ3v) is 4.20. The van der Waals surface area contributed by atoms with Gasteiger partial charge in [0.05, 0.1) is 6.04 Å². The van der Waals surface area contributed by atoms with E-state index in [1.165, 1.54) is 5.56 Å². The first-order valence-corrected chi connectivity index (χ1v) is 8.74. The van der Waals surface area contributed by atoms with Gasteiger partial charge in [-0.05, 0) is 31.0 Å². The van der Waals surface area contributed by atoms with E-state index < -0.39 is 0 Å². The van der Waals surface area contributed by atoms with Crippen molar-refractivity contribution in [1.82, 2.24) is 20.4 Å². The Kier molecular flexibility index (Phi) is 5.73. The highest BCUT2D eigenvalue weighted by Crippen LogP contribution is 2.18. The van der Waals surface area contributed by atoms with Gasteiger partial charge in [-0.15, -0.1) is 0 Å². The topological polar surface area (TPSA) is 80.9 Å². The van der Waals surface area contributed by atoms with Crippen LogP contribution in [0.3, 0.4) is 0 Å². The minimum Gasteiger partial charge on any atom is -0.349 e. The van der Waals surface area contributed by atoms with Crippen LogP contribution in [0.1, 0.15) is 42.8 Å². The third kappa shape index (κ3) is 4.53. The zero-order valence-electron chi connectivity index (χ0n) is 15.0. The molecular weight excluding hydrogens is 328 g/mol. The maximum atomic E-state index is 12.3. The molecule has 0 radical (unpaired) electrons. The van der Waals surface area contributed by atoms with Crippen LogP contribution in [0.5, 0.6) is 0 Å². The van der Waals surface area contributed by atoms with Gasteiger partial charge in [0.25, 0.3) is 0 Å². The van der Waals surface area contributed by atoms with Crippen molar-refractivity contribution in [1.29, 1.82) is 0 Å². The van der Waals surface area contributed by atoms with Crippen molar-refractivity contribution in [2.45, 2.75) is 39.2 Å². The average Bonchev–Trinajstić information content (AvgIpc) is 3.15. The van der Waals surface area contributed by atoms with Crippen molar-refractivity contribution in [3.63, 3.8) is 0 Å². The molecule has 2 aromatic heterocycles. The summed E-state index contributed by atoms with van der Waals surface area (Å²) in [5.41, 5.74) is 3.16. The molecule has 134 valence electrons. The highest BCUT2D eigenvalue weighted by Gasteiger charge is 2.14. The van der Waals surface area contributed by atoms with Crippen LogP contribution in [0.2, 0.25) is 0 Å². The quantitative estimate of drug-likeness (QED) is 0.703. The summed E-state index contributed by atoms with van der Waals surface area (Å²) in [6, 6.07) is 11.9. The Labute approximate surface area is 152 Å². The molecule has 26 heavy (non-hydrogen) atoms. The SMILES string of the molecule is CCC(NC(=O)CCc1nc(-c2ccncc2)no1)c1ccc(C)cc1. The van der Waals surface area contributed by atoms with Crippen LogP contribution in [0, 0.1) is 6.92 Å². The van der Waals surface area contributed by atoms with Gasteiger partial charge in [-0.2, -0.15) is 4.98 Å². The van der Waals surface area contributed by atoms with Gasteiger partial charge in [0.2, 0.25) is 17.6 Å². The largest absolute Gasteiger partial charge is 0.349 e. The summed E-state index contributed by atoms with van der Waals surface area (Å²) in [5, 5.41) is 7.03. The molecule has 0 bridgehead atoms. The number of nitrogens with zero attached hydrogens (tertiary/aromatic N) is 3. The molecule has 1 unspecified atom stereocenters. The summed E-state index contributed by atoms with van der Waals surface area (Å²) in [5.74, 6) is 0.935. The first-order valence-electron chi connectivity index (χ1n) is 8.74. The molecule has 0 spiro atoms. The van der Waals surface area contributed by atoms with E-state index >= 15 is 0 Å². The summed E-state index contributed by atoms with van der Waals surface area (Å²) in [4.78, 5) is 20.6. The predicted octanol–water partition coefficient (Wildman–Crippen LogP) is 3.64. The lowest BCUT2D eigenvalue weighted by atomic mass is 10.0. The number of carbonyl (C=O) groups is 1. The minimum atomic E-state index is -0.0268. The summed E-state index contributed by atoms with van der Waals surface area (Å²) in [6.07, 6.45) is 4.90. The standard InChI is InChI=1S/C20H22N4O2/c1-3-17(15-6-4-14(2)5-7-15)22-18(25)8-9-19-23-20(24-26-19)16-10-12-21-13-11-16/h4-7,10-13,17H,3,8-9H2,1-2H3,(H,22,25). The Balaban J connectivity index is 1.55. The number of nitrogens with one attached hydrogen (secondary N) is 1. The molecular formula is C20H22N4O2. The van der Waals surface area contributed by atoms with Gasteiger partial charge in [0.15, 0.2) is 0 Å². The maximum absolute atomic E-state index is 12.3. The third-order valence-electron chi connectivity index (χ3n) is 4.20. The molecule has 1 amide bonds. The average molecular weight is 350 g/mol. The van der Waals surface area contributed by atoms with Crippen molar-refractivity contribution in [3.8, 4) is 11.4 Å². The number of aryl methyl sites for hydroxylation is 2. The second kappa shape index (κ2) is 8.38. The van der Waals surface area contributed by atoms with Crippen LogP contribution in [-0.4, -0.2) is 21.0 Å². The molecule has 3 rings (SSSR count). The Bertz CT molecular complexity index is 844. The lowest BCUT2D eigenvalue weighted by Crippen LogP contribution is -2.28. The van der Waals surface area contributed by atoms with Crippen LogP contribution in [0.15, 0.2) is 53.3 Å². The fourth-order valence-electron chi connectivity index (χ4n) is 2.68. The second-order valence-corrected chi connectivity index (χ2v) is 6.19. The van der Waals surface area contributed by atoms with E-state index in [4.69, 9.17) is 4.52 Å². The Hall–Kier alpha value is -3.02. The smallest absolute Gasteiger partial charge is 0.227 e. The van der Waals surface area contributed by atoms with Crippen molar-refractivity contribution in [2.75, 3.05) is 0 Å². The first-order chi connectivity index (χ1) is 12.7. The van der Waals surface area contributed by atoms with Gasteiger partial charge < -0.3 is 9.84 Å². The molecule has 0 saturated carbocycles. The van der Waals surface area contributed by atoms with E-state index in [0.29, 0.717) is 24.6 Å². The number of aromatic nitrogens is 3. The molecule has 3 aromatic rings. The zero-order valence-corrected chi connectivity index (χ0v) is 15.0. The molecule has 0 fully saturated rings. The number of amides is 1. The number of rotatable bonds is 7. The minimum absolute atomic E-state index is 0.0122. The van der Waals surface area contributed by atoms with Crippen LogP contribution >= 0.6 is 0 Å². The summed E-state index contributed by atoms with van der Waals surface area (Å²) in [7, 11) is 0. The van der Waals surface area contributed by atoms with Gasteiger partial charge in [0.1, 0.15) is 0 Å². The van der Waals surface area contributed by atoms with E-state index in [2.05, 4.69) is 51.6 Å². The van der Waals surface area contributed by atoms with Gasteiger partial charge in [-0.1, -0.05) is 41.9 Å². The van der Waals surface area contributed by atoms with Gasteiger partial charge in [0, 0.05) is 30.8 Å². The van der Waals surface area contributed by atoms with Crippen LogP contribution in [-0.2, 0) is 11.2 Å². The first kappa shape index (κ1) is 17.8. The normalized spacial score (nSPS) is 11.9. The van der Waals surface area contributed by atoms with Crippen LogP contribution in [0.25, 0.3) is 11.4 Å². The van der Waals surface area contributed by atoms with Gasteiger partial charge >= 0.3 is 0 Å². The molecule has 1 atom stereocenters. The monoisotopic (exact) mass is 350 g/mol. The molecule has 2 heterocycles. The van der Waals surface area contributed by atoms with Crippen molar-refractivity contribution in [3.05, 3.63) is 65.8 Å². The highest BCUT2D eigenvalue weighted by molar-refractivity contribution is 5.76. The van der Waals surface area contributed by atoms with E-state index in [-0.39, 0.29) is 11.9 Å². The Morgan fingerprint density at radius 1 is 1.15 bits per heavy atom. The van der Waals surface area contributed by atoms with E-state index in [1.807, 2.05) is 19.1 Å². The summed E-state index contributed by atoms with van der Waals surface area (Å²) in [6.45, 7) is 4.11. The summed E-state index contributed by atoms with van der Waals surface area (Å²) < 4.78 is 5.24. The van der Waals surface area contributed by atoms with E-state index in [1.54, 1.807) is 12.4 Å². The van der Waals surface area contributed by atoms with Crippen LogP contribution in [0.4, 0.5) is 0 Å². The number of benzene rings is 1. The molecule has 1 aromatic carbocycles. The van der Waals surface area contributed by atoms with Crippen LogP contribution < -0.4 is 5.32 Å². The highest BCUT2D eigenvalue weighted by atomic mass is 16.5. The predicted molar refractivity (Wildman–Crippen MR) is 98.2 cm³/mol. The lowest BCUT2D eigenvalue weighted by Gasteiger charge is -2.17. The number of hydrogen-bond acceptors (Lipinski definition) is 5. The molecule has 6 nitrogen and oxygen atoms in total. The molecule has 0 aliphatic heterocycles. The fourth-order valence-corrected chi connectivity index (χ4v) is 2.68.